The van der Waals surface area contributed by atoms with Gasteiger partial charge in [-0.15, -0.1) is 0 Å². The number of nitrogens with zero attached hydrogens (tertiary/aromatic N) is 2. The minimum absolute atomic E-state index is 0.142. The summed E-state index contributed by atoms with van der Waals surface area (Å²) in [5, 5.41) is 0.380. The molecule has 2 N–H and O–H groups in total. The van der Waals surface area contributed by atoms with Gasteiger partial charge in [-0.05, 0) is 12.8 Å². The van der Waals surface area contributed by atoms with E-state index in [0.717, 1.165) is 5.57 Å². The number of hydrogen-bond donors (Lipinski definition) is 1. The van der Waals surface area contributed by atoms with Gasteiger partial charge in [0, 0.05) is 18.0 Å². The number of halogens is 1. The predicted molar refractivity (Wildman–Crippen MR) is 65.3 cm³/mol. The molecule has 0 saturated heterocycles. The zero-order chi connectivity index (χ0) is 12.7. The largest absolute Gasteiger partial charge is 0.462 e. The van der Waals surface area contributed by atoms with Gasteiger partial charge in [0.05, 0.1) is 16.3 Å². The summed E-state index contributed by atoms with van der Waals surface area (Å²) in [5.74, 6) is 0.396. The molecule has 3 rings (SSSR count). The van der Waals surface area contributed by atoms with E-state index in [2.05, 4.69) is 4.98 Å². The first-order chi connectivity index (χ1) is 8.68. The lowest BCUT2D eigenvalue weighted by Crippen LogP contribution is -2.13. The average Bonchev–Trinajstić information content (AvgIpc) is 3.01. The predicted octanol–water partition coefficient (Wildman–Crippen LogP) is 1.89. The fourth-order valence-electron chi connectivity index (χ4n) is 2.12. The van der Waals surface area contributed by atoms with Crippen LogP contribution in [0, 0.1) is 0 Å². The molecule has 0 atom stereocenters. The van der Waals surface area contributed by atoms with Crippen LogP contribution in [0.25, 0.3) is 0 Å². The lowest BCUT2D eigenvalue weighted by atomic mass is 10.1. The molecule has 0 unspecified atom stereocenters. The monoisotopic (exact) mass is 263 g/mol. The van der Waals surface area contributed by atoms with Crippen LogP contribution < -0.4 is 5.73 Å². The molecule has 0 radical (unpaired) electrons. The summed E-state index contributed by atoms with van der Waals surface area (Å²) in [4.78, 5) is 16.1. The third-order valence-electron chi connectivity index (χ3n) is 3.03. The Morgan fingerprint density at radius 2 is 2.33 bits per heavy atom. The molecule has 92 valence electrons. The highest BCUT2D eigenvalue weighted by Crippen LogP contribution is 2.39. The van der Waals surface area contributed by atoms with E-state index in [9.17, 15) is 4.79 Å². The Labute approximate surface area is 108 Å². The highest BCUT2D eigenvalue weighted by Gasteiger charge is 2.31. The molecule has 1 aliphatic heterocycles. The standard InChI is InChI=1S/C12H10ClN3O2/c13-9-5-18-11-7(10(9)14)1-2-8(11)12(17)16-4-3-15-6-16/h3-6H,1-2,14H2. The van der Waals surface area contributed by atoms with Gasteiger partial charge in [-0.2, -0.15) is 0 Å². The molecular formula is C12H10ClN3O2. The number of aromatic nitrogens is 2. The summed E-state index contributed by atoms with van der Waals surface area (Å²) in [5.41, 5.74) is 7.79. The van der Waals surface area contributed by atoms with Crippen molar-refractivity contribution in [1.82, 2.24) is 9.55 Å². The lowest BCUT2D eigenvalue weighted by Gasteiger charge is -2.15. The van der Waals surface area contributed by atoms with E-state index < -0.39 is 0 Å². The van der Waals surface area contributed by atoms with Gasteiger partial charge >= 0.3 is 0 Å². The molecule has 0 amide bonds. The van der Waals surface area contributed by atoms with E-state index in [1.807, 2.05) is 0 Å². The van der Waals surface area contributed by atoms with Gasteiger partial charge in [0.15, 0.2) is 0 Å². The van der Waals surface area contributed by atoms with Crippen LogP contribution in [0.15, 0.2) is 52.6 Å². The topological polar surface area (TPSA) is 70.1 Å². The Balaban J connectivity index is 2.03. The van der Waals surface area contributed by atoms with Crippen molar-refractivity contribution in [2.24, 2.45) is 5.73 Å². The van der Waals surface area contributed by atoms with Gasteiger partial charge < -0.3 is 10.5 Å². The quantitative estimate of drug-likeness (QED) is 0.840. The number of carbonyl (C=O) groups is 1. The zero-order valence-corrected chi connectivity index (χ0v) is 10.1. The zero-order valence-electron chi connectivity index (χ0n) is 9.39. The fourth-order valence-corrected chi connectivity index (χ4v) is 2.27. The molecule has 1 aromatic heterocycles. The first-order valence-corrected chi connectivity index (χ1v) is 5.84. The maximum absolute atomic E-state index is 12.2. The Morgan fingerprint density at radius 3 is 3.06 bits per heavy atom. The lowest BCUT2D eigenvalue weighted by molar-refractivity contribution is 0.0947. The summed E-state index contributed by atoms with van der Waals surface area (Å²) in [6.45, 7) is 0. The molecule has 0 aromatic carbocycles. The fraction of sp³-hybridized carbons (Fsp3) is 0.167. The molecule has 1 aliphatic carbocycles. The molecule has 18 heavy (non-hydrogen) atoms. The van der Waals surface area contributed by atoms with Crippen molar-refractivity contribution in [2.45, 2.75) is 12.8 Å². The summed E-state index contributed by atoms with van der Waals surface area (Å²) >= 11 is 5.89. The Kier molecular flexibility index (Phi) is 2.48. The summed E-state index contributed by atoms with van der Waals surface area (Å²) < 4.78 is 6.83. The van der Waals surface area contributed by atoms with Crippen LogP contribution in [-0.4, -0.2) is 15.5 Å². The van der Waals surface area contributed by atoms with E-state index in [1.54, 1.807) is 12.4 Å². The molecule has 6 heteroatoms. The van der Waals surface area contributed by atoms with Crippen molar-refractivity contribution in [1.29, 1.82) is 0 Å². The van der Waals surface area contributed by atoms with Crippen LogP contribution in [-0.2, 0) is 4.74 Å². The molecule has 0 fully saturated rings. The van der Waals surface area contributed by atoms with Gasteiger partial charge in [0.2, 0.25) is 0 Å². The Morgan fingerprint density at radius 1 is 1.50 bits per heavy atom. The molecule has 0 spiro atoms. The van der Waals surface area contributed by atoms with Crippen molar-refractivity contribution >= 4 is 17.5 Å². The average molecular weight is 264 g/mol. The molecule has 0 bridgehead atoms. The summed E-state index contributed by atoms with van der Waals surface area (Å²) in [6, 6.07) is 0. The first kappa shape index (κ1) is 11.1. The van der Waals surface area contributed by atoms with Crippen LogP contribution in [0.4, 0.5) is 0 Å². The Hall–Kier alpha value is -2.01. The second-order valence-electron chi connectivity index (χ2n) is 4.06. The molecule has 0 saturated carbocycles. The number of imidazole rings is 1. The van der Waals surface area contributed by atoms with E-state index in [0.29, 0.717) is 34.9 Å². The molecule has 2 heterocycles. The van der Waals surface area contributed by atoms with Crippen molar-refractivity contribution < 1.29 is 9.53 Å². The highest BCUT2D eigenvalue weighted by molar-refractivity contribution is 6.32. The normalized spacial score (nSPS) is 18.6. The maximum Gasteiger partial charge on any atom is 0.262 e. The maximum atomic E-state index is 12.2. The highest BCUT2D eigenvalue weighted by atomic mass is 35.5. The summed E-state index contributed by atoms with van der Waals surface area (Å²) in [6.07, 6.45) is 7.25. The van der Waals surface area contributed by atoms with Gasteiger partial charge in [0.1, 0.15) is 18.3 Å². The number of allylic oxidation sites excluding steroid dienone is 3. The van der Waals surface area contributed by atoms with Crippen molar-refractivity contribution in [3.63, 3.8) is 0 Å². The Bertz CT molecular complexity index is 611. The van der Waals surface area contributed by atoms with Crippen molar-refractivity contribution in [2.75, 3.05) is 0 Å². The molecule has 1 aromatic rings. The number of hydrogen-bond acceptors (Lipinski definition) is 4. The summed E-state index contributed by atoms with van der Waals surface area (Å²) in [7, 11) is 0. The smallest absolute Gasteiger partial charge is 0.262 e. The number of ether oxygens (including phenoxy) is 1. The molecular weight excluding hydrogens is 254 g/mol. The van der Waals surface area contributed by atoms with Gasteiger partial charge in [-0.25, -0.2) is 4.98 Å². The van der Waals surface area contributed by atoms with E-state index >= 15 is 0 Å². The third-order valence-corrected chi connectivity index (χ3v) is 3.33. The minimum atomic E-state index is -0.142. The van der Waals surface area contributed by atoms with E-state index in [-0.39, 0.29) is 5.91 Å². The first-order valence-electron chi connectivity index (χ1n) is 5.46. The van der Waals surface area contributed by atoms with E-state index in [1.165, 1.54) is 17.2 Å². The number of fused-ring (bicyclic) bond motifs is 1. The van der Waals surface area contributed by atoms with Crippen LogP contribution in [0.3, 0.4) is 0 Å². The van der Waals surface area contributed by atoms with Crippen LogP contribution >= 0.6 is 11.6 Å². The van der Waals surface area contributed by atoms with Crippen LogP contribution in [0.1, 0.15) is 17.6 Å². The van der Waals surface area contributed by atoms with Crippen LogP contribution in [0.5, 0.6) is 0 Å². The minimum Gasteiger partial charge on any atom is -0.462 e. The van der Waals surface area contributed by atoms with Gasteiger partial charge in [-0.1, -0.05) is 11.6 Å². The van der Waals surface area contributed by atoms with Crippen LogP contribution in [0.2, 0.25) is 0 Å². The molecule has 5 nitrogen and oxygen atoms in total. The second kappa shape index (κ2) is 4.03. The van der Waals surface area contributed by atoms with Crippen molar-refractivity contribution in [3.05, 3.63) is 52.6 Å². The van der Waals surface area contributed by atoms with Crippen molar-refractivity contribution in [3.8, 4) is 0 Å². The third kappa shape index (κ3) is 1.55. The number of carbonyl (C=O) groups excluding carboxylic acids is 1. The number of rotatable bonds is 1. The second-order valence-corrected chi connectivity index (χ2v) is 4.47. The van der Waals surface area contributed by atoms with E-state index in [4.69, 9.17) is 22.1 Å². The van der Waals surface area contributed by atoms with Gasteiger partial charge in [0.25, 0.3) is 5.91 Å². The number of nitrogens with two attached hydrogens (primary N) is 1. The molecule has 2 aliphatic rings. The SMILES string of the molecule is NC1=C2CCC(C(=O)n3ccnc3)=C2OC=C1Cl. The van der Waals surface area contributed by atoms with Gasteiger partial charge in [-0.3, -0.25) is 9.36 Å².